The van der Waals surface area contributed by atoms with Gasteiger partial charge in [-0.1, -0.05) is 12.1 Å². The second-order valence-electron chi connectivity index (χ2n) is 10.6. The lowest BCUT2D eigenvalue weighted by Crippen LogP contribution is -2.58. The molecule has 39 heavy (non-hydrogen) atoms. The number of carbonyl (C=O) groups is 2. The molecule has 1 unspecified atom stereocenters. The van der Waals surface area contributed by atoms with Crippen molar-refractivity contribution in [1.29, 1.82) is 5.26 Å². The molecule has 3 aliphatic heterocycles. The van der Waals surface area contributed by atoms with Gasteiger partial charge in [0.2, 0.25) is 0 Å². The third-order valence-electron chi connectivity index (χ3n) is 6.58. The summed E-state index contributed by atoms with van der Waals surface area (Å²) in [5.41, 5.74) is 7.43. The van der Waals surface area contributed by atoms with Crippen molar-refractivity contribution < 1.29 is 32.2 Å². The van der Waals surface area contributed by atoms with Crippen LogP contribution >= 0.6 is 0 Å². The Balaban J connectivity index is 1.60. The van der Waals surface area contributed by atoms with Crippen molar-refractivity contribution in [3.05, 3.63) is 41.6 Å². The average molecular weight is 547 g/mol. The lowest BCUT2D eigenvalue weighted by Gasteiger charge is -2.45. The van der Waals surface area contributed by atoms with Crippen LogP contribution in [-0.2, 0) is 19.1 Å². The Labute approximate surface area is 223 Å². The molecule has 10 nitrogen and oxygen atoms in total. The summed E-state index contributed by atoms with van der Waals surface area (Å²) in [6.45, 7) is 5.27. The topological polar surface area (TPSA) is 142 Å². The van der Waals surface area contributed by atoms with E-state index in [1.165, 1.54) is 30.5 Å². The number of alkyl halides is 3. The number of ether oxygens (including phenoxy) is 2. The molecule has 2 saturated heterocycles. The van der Waals surface area contributed by atoms with Crippen LogP contribution in [0.1, 0.15) is 51.6 Å². The summed E-state index contributed by atoms with van der Waals surface area (Å²) in [5.74, 6) is -1.70. The molecule has 0 radical (unpaired) electrons. The quantitative estimate of drug-likeness (QED) is 0.536. The number of halogens is 3. The van der Waals surface area contributed by atoms with E-state index in [9.17, 15) is 28.0 Å². The van der Waals surface area contributed by atoms with Crippen LogP contribution in [0.15, 0.2) is 46.0 Å². The summed E-state index contributed by atoms with van der Waals surface area (Å²) in [6, 6.07) is 5.24. The van der Waals surface area contributed by atoms with Gasteiger partial charge in [-0.25, -0.2) is 14.8 Å². The van der Waals surface area contributed by atoms with Gasteiger partial charge in [0.1, 0.15) is 23.4 Å². The summed E-state index contributed by atoms with van der Waals surface area (Å²) in [4.78, 5) is 33.7. The number of dihydropyridines is 1. The molecule has 0 saturated carbocycles. The Morgan fingerprint density at radius 3 is 2.62 bits per heavy atom. The van der Waals surface area contributed by atoms with Crippen molar-refractivity contribution in [2.24, 2.45) is 21.6 Å². The highest BCUT2D eigenvalue weighted by Crippen LogP contribution is 2.40. The van der Waals surface area contributed by atoms with Crippen molar-refractivity contribution in [3.8, 4) is 6.07 Å². The van der Waals surface area contributed by atoms with E-state index < -0.39 is 47.3 Å². The Morgan fingerprint density at radius 2 is 2.05 bits per heavy atom. The van der Waals surface area contributed by atoms with Crippen LogP contribution in [0.25, 0.3) is 0 Å². The predicted molar refractivity (Wildman–Crippen MR) is 134 cm³/mol. The first kappa shape index (κ1) is 28.3. The minimum atomic E-state index is -4.59. The monoisotopic (exact) mass is 546 g/mol. The molecule has 1 aromatic rings. The zero-order valence-electron chi connectivity index (χ0n) is 21.7. The van der Waals surface area contributed by atoms with Crippen LogP contribution in [-0.4, -0.2) is 59.0 Å². The molecule has 0 aromatic heterocycles. The number of benzene rings is 1. The molecule has 0 aliphatic carbocycles. The zero-order chi connectivity index (χ0) is 28.6. The number of hydrogen-bond acceptors (Lipinski definition) is 8. The van der Waals surface area contributed by atoms with Gasteiger partial charge in [0.15, 0.2) is 6.10 Å². The van der Waals surface area contributed by atoms with Gasteiger partial charge >= 0.3 is 12.1 Å². The number of esters is 1. The van der Waals surface area contributed by atoms with E-state index in [1.807, 2.05) is 0 Å². The Kier molecular flexibility index (Phi) is 7.55. The highest BCUT2D eigenvalue weighted by molar-refractivity contribution is 6.12. The second kappa shape index (κ2) is 10.4. The van der Waals surface area contributed by atoms with Crippen LogP contribution < -0.4 is 11.2 Å². The molecule has 0 spiro atoms. The SMILES string of the molecule is CC(C)(C)OC(=O)[C@@H]1CC[C@@](CC#N)(N2NC(=Nc3ccc([C@H](N)C(F)(F)F)cc3)C3C(=O)N=CC=C32)CO1. The fourth-order valence-corrected chi connectivity index (χ4v) is 4.66. The van der Waals surface area contributed by atoms with E-state index in [4.69, 9.17) is 15.2 Å². The summed E-state index contributed by atoms with van der Waals surface area (Å²) in [5, 5.41) is 11.3. The zero-order valence-corrected chi connectivity index (χ0v) is 21.7. The summed E-state index contributed by atoms with van der Waals surface area (Å²) >= 11 is 0. The molecule has 3 aliphatic rings. The fourth-order valence-electron chi connectivity index (χ4n) is 4.66. The summed E-state index contributed by atoms with van der Waals surface area (Å²) in [7, 11) is 0. The average Bonchev–Trinajstić information content (AvgIpc) is 3.23. The molecule has 3 N–H and O–H groups in total. The maximum atomic E-state index is 13.0. The van der Waals surface area contributed by atoms with Gasteiger partial charge in [0.25, 0.3) is 5.91 Å². The molecule has 1 aromatic carbocycles. The number of rotatable bonds is 5. The molecule has 2 fully saturated rings. The van der Waals surface area contributed by atoms with Crippen molar-refractivity contribution in [1.82, 2.24) is 10.4 Å². The molecule has 1 amide bonds. The number of hydrazine groups is 1. The van der Waals surface area contributed by atoms with Crippen molar-refractivity contribution >= 4 is 29.6 Å². The maximum Gasteiger partial charge on any atom is 0.407 e. The number of nitrogens with two attached hydrogens (primary N) is 1. The molecular weight excluding hydrogens is 517 g/mol. The van der Waals surface area contributed by atoms with Gasteiger partial charge in [0, 0.05) is 6.21 Å². The Bertz CT molecular complexity index is 1250. The molecule has 4 atom stereocenters. The Hall–Kier alpha value is -3.76. The molecule has 3 heterocycles. The first-order chi connectivity index (χ1) is 18.2. The van der Waals surface area contributed by atoms with E-state index in [-0.39, 0.29) is 30.8 Å². The van der Waals surface area contributed by atoms with Crippen molar-refractivity contribution in [2.75, 3.05) is 6.61 Å². The van der Waals surface area contributed by atoms with E-state index >= 15 is 0 Å². The lowest BCUT2D eigenvalue weighted by atomic mass is 9.85. The van der Waals surface area contributed by atoms with E-state index in [1.54, 1.807) is 31.9 Å². The number of nitrogens with one attached hydrogen (secondary N) is 1. The van der Waals surface area contributed by atoms with Gasteiger partial charge in [-0.15, -0.1) is 0 Å². The van der Waals surface area contributed by atoms with Crippen molar-refractivity contribution in [2.45, 2.75) is 69.5 Å². The molecular formula is C26H29F3N6O4. The lowest BCUT2D eigenvalue weighted by molar-refractivity contribution is -0.178. The normalized spacial score (nSPS) is 26.9. The van der Waals surface area contributed by atoms with Gasteiger partial charge < -0.3 is 15.2 Å². The second-order valence-corrected chi connectivity index (χ2v) is 10.6. The number of nitrogens with zero attached hydrogens (tertiary/aromatic N) is 4. The van der Waals surface area contributed by atoms with Crippen LogP contribution in [0.2, 0.25) is 0 Å². The van der Waals surface area contributed by atoms with Gasteiger partial charge in [0.05, 0.1) is 36.0 Å². The molecule has 13 heteroatoms. The number of amidine groups is 1. The summed E-state index contributed by atoms with van der Waals surface area (Å²) in [6.07, 6.45) is -1.75. The summed E-state index contributed by atoms with van der Waals surface area (Å²) < 4.78 is 50.2. The smallest absolute Gasteiger partial charge is 0.407 e. The van der Waals surface area contributed by atoms with Crippen LogP contribution in [0.4, 0.5) is 18.9 Å². The number of fused-ring (bicyclic) bond motifs is 1. The van der Waals surface area contributed by atoms with E-state index in [2.05, 4.69) is 21.5 Å². The maximum absolute atomic E-state index is 13.0. The first-order valence-corrected chi connectivity index (χ1v) is 12.3. The van der Waals surface area contributed by atoms with Gasteiger partial charge in [-0.2, -0.15) is 18.4 Å². The minimum absolute atomic E-state index is 0.00768. The Morgan fingerprint density at radius 1 is 1.36 bits per heavy atom. The molecule has 208 valence electrons. The largest absolute Gasteiger partial charge is 0.458 e. The predicted octanol–water partition coefficient (Wildman–Crippen LogP) is 3.38. The number of amides is 1. The van der Waals surface area contributed by atoms with Gasteiger partial charge in [-0.05, 0) is 57.4 Å². The van der Waals surface area contributed by atoms with E-state index in [0.29, 0.717) is 17.8 Å². The third kappa shape index (κ3) is 5.97. The van der Waals surface area contributed by atoms with Crippen molar-refractivity contribution in [3.63, 3.8) is 0 Å². The fraction of sp³-hybridized carbons (Fsp3) is 0.500. The van der Waals surface area contributed by atoms with Gasteiger partial charge in [-0.3, -0.25) is 15.2 Å². The van der Waals surface area contributed by atoms with Crippen LogP contribution in [0.3, 0.4) is 0 Å². The van der Waals surface area contributed by atoms with Crippen LogP contribution in [0.5, 0.6) is 0 Å². The third-order valence-corrected chi connectivity index (χ3v) is 6.58. The van der Waals surface area contributed by atoms with Crippen LogP contribution in [0, 0.1) is 17.2 Å². The minimum Gasteiger partial charge on any atom is -0.458 e. The van der Waals surface area contributed by atoms with E-state index in [0.717, 1.165) is 0 Å². The number of aliphatic imine (C=N–C) groups is 2. The molecule has 0 bridgehead atoms. The standard InChI is InChI=1S/C26H29F3N6O4/c1-24(2,3)39-23(37)18-8-10-25(11-12-30,14-38-18)35-17-9-13-32-22(36)19(17)21(34-35)33-16-6-4-15(5-7-16)20(31)26(27,28)29/h4-7,9,13,18-20H,8,10-11,14,31H2,1-3H3,(H,33,34)/t18-,19?,20-,25-/m0/s1. The number of carbonyl (C=O) groups excluding carboxylic acids is 2. The number of allylic oxidation sites excluding steroid dienone is 1. The number of nitriles is 1. The molecule has 4 rings (SSSR count). The number of hydrogen-bond donors (Lipinski definition) is 2. The first-order valence-electron chi connectivity index (χ1n) is 12.3. The highest BCUT2D eigenvalue weighted by atomic mass is 19.4. The highest BCUT2D eigenvalue weighted by Gasteiger charge is 2.52.